The minimum Gasteiger partial charge on any atom is -0.457 e. The summed E-state index contributed by atoms with van der Waals surface area (Å²) < 4.78 is 5.85. The van der Waals surface area contributed by atoms with E-state index >= 15 is 0 Å². The maximum Gasteiger partial charge on any atom is 0.165 e. The zero-order valence-electron chi connectivity index (χ0n) is 16.0. The van der Waals surface area contributed by atoms with E-state index in [-0.39, 0.29) is 5.78 Å². The van der Waals surface area contributed by atoms with Gasteiger partial charge >= 0.3 is 0 Å². The summed E-state index contributed by atoms with van der Waals surface area (Å²) in [4.78, 5) is 12.8. The molecule has 0 fully saturated rings. The first-order chi connectivity index (χ1) is 12.9. The van der Waals surface area contributed by atoms with Crippen LogP contribution in [0.1, 0.15) is 30.5 Å². The molecule has 0 amide bonds. The first-order valence-electron chi connectivity index (χ1n) is 9.08. The fraction of sp³-hybridized carbons (Fsp3) is 0.160. The maximum absolute atomic E-state index is 12.8. The van der Waals surface area contributed by atoms with Crippen LogP contribution in [-0.2, 0) is 10.2 Å². The van der Waals surface area contributed by atoms with Gasteiger partial charge in [-0.05, 0) is 62.2 Å². The Kier molecular flexibility index (Phi) is 5.56. The lowest BCUT2D eigenvalue weighted by Gasteiger charge is -2.22. The number of carbonyl (C=O) groups is 1. The summed E-state index contributed by atoms with van der Waals surface area (Å²) in [7, 11) is 0. The maximum atomic E-state index is 12.8. The summed E-state index contributed by atoms with van der Waals surface area (Å²) in [5, 5.41) is 0. The molecule has 3 rings (SSSR count). The summed E-state index contributed by atoms with van der Waals surface area (Å²) in [5.41, 5.74) is 2.57. The van der Waals surface area contributed by atoms with Gasteiger partial charge in [0.25, 0.3) is 0 Å². The number of rotatable bonds is 6. The van der Waals surface area contributed by atoms with Crippen molar-refractivity contribution in [2.75, 3.05) is 0 Å². The number of ketones is 1. The Bertz CT molecular complexity index is 936. The van der Waals surface area contributed by atoms with Gasteiger partial charge in [0.05, 0.1) is 5.41 Å². The van der Waals surface area contributed by atoms with E-state index in [1.54, 1.807) is 6.08 Å². The number of allylic oxidation sites excluding steroid dienone is 1. The molecule has 0 spiro atoms. The Labute approximate surface area is 161 Å². The van der Waals surface area contributed by atoms with E-state index in [0.29, 0.717) is 0 Å². The normalized spacial score (nSPS) is 11.5. The minimum absolute atomic E-state index is 0.0701. The Morgan fingerprint density at radius 3 is 2.22 bits per heavy atom. The van der Waals surface area contributed by atoms with E-state index in [2.05, 4.69) is 0 Å². The Balaban J connectivity index is 1.74. The first-order valence-corrected chi connectivity index (χ1v) is 9.08. The van der Waals surface area contributed by atoms with Gasteiger partial charge in [-0.2, -0.15) is 0 Å². The third kappa shape index (κ3) is 4.73. The summed E-state index contributed by atoms with van der Waals surface area (Å²) in [5.74, 6) is 1.60. The number of hydrogen-bond acceptors (Lipinski definition) is 2. The molecule has 0 aliphatic carbocycles. The number of para-hydroxylation sites is 1. The van der Waals surface area contributed by atoms with Gasteiger partial charge in [-0.1, -0.05) is 66.2 Å². The van der Waals surface area contributed by atoms with Gasteiger partial charge in [-0.25, -0.2) is 0 Å². The molecule has 0 unspecified atom stereocenters. The van der Waals surface area contributed by atoms with Crippen molar-refractivity contribution >= 4 is 11.9 Å². The lowest BCUT2D eigenvalue weighted by molar-refractivity contribution is -0.118. The lowest BCUT2D eigenvalue weighted by atomic mass is 9.80. The summed E-state index contributed by atoms with van der Waals surface area (Å²) in [6.45, 7) is 5.96. The largest absolute Gasteiger partial charge is 0.457 e. The monoisotopic (exact) mass is 356 g/mol. The second-order valence-electron chi connectivity index (χ2n) is 7.18. The molecule has 0 saturated heterocycles. The summed E-state index contributed by atoms with van der Waals surface area (Å²) >= 11 is 0. The molecule has 0 heterocycles. The van der Waals surface area contributed by atoms with Crippen LogP contribution in [0.2, 0.25) is 0 Å². The fourth-order valence-electron chi connectivity index (χ4n) is 2.80. The van der Waals surface area contributed by atoms with Crippen LogP contribution >= 0.6 is 0 Å². The second-order valence-corrected chi connectivity index (χ2v) is 7.18. The van der Waals surface area contributed by atoms with Crippen LogP contribution in [-0.4, -0.2) is 5.78 Å². The van der Waals surface area contributed by atoms with Crippen LogP contribution in [0.3, 0.4) is 0 Å². The Hall–Kier alpha value is -3.13. The summed E-state index contributed by atoms with van der Waals surface area (Å²) in [6.07, 6.45) is 3.50. The first kappa shape index (κ1) is 18.7. The number of benzene rings is 3. The van der Waals surface area contributed by atoms with Crippen molar-refractivity contribution in [1.29, 1.82) is 0 Å². The third-order valence-electron chi connectivity index (χ3n) is 4.65. The Morgan fingerprint density at radius 1 is 0.852 bits per heavy atom. The molecule has 0 aliphatic heterocycles. The van der Waals surface area contributed by atoms with Gasteiger partial charge in [0, 0.05) is 0 Å². The lowest BCUT2D eigenvalue weighted by Crippen LogP contribution is -2.27. The number of aryl methyl sites for hydroxylation is 1. The van der Waals surface area contributed by atoms with Gasteiger partial charge in [-0.15, -0.1) is 0 Å². The van der Waals surface area contributed by atoms with Gasteiger partial charge in [0.2, 0.25) is 0 Å². The molecular formula is C25H24O2. The zero-order valence-corrected chi connectivity index (χ0v) is 16.0. The molecule has 0 aliphatic rings. The molecule has 27 heavy (non-hydrogen) atoms. The number of ether oxygens (including phenoxy) is 1. The highest BCUT2D eigenvalue weighted by Crippen LogP contribution is 2.26. The molecule has 0 N–H and O–H groups in total. The van der Waals surface area contributed by atoms with Crippen molar-refractivity contribution < 1.29 is 9.53 Å². The second kappa shape index (κ2) is 8.05. The van der Waals surface area contributed by atoms with Crippen molar-refractivity contribution in [2.24, 2.45) is 0 Å². The molecule has 136 valence electrons. The van der Waals surface area contributed by atoms with Crippen molar-refractivity contribution in [3.8, 4) is 11.5 Å². The van der Waals surface area contributed by atoms with Gasteiger partial charge in [0.1, 0.15) is 11.5 Å². The van der Waals surface area contributed by atoms with Crippen LogP contribution in [0.15, 0.2) is 84.9 Å². The topological polar surface area (TPSA) is 26.3 Å². The van der Waals surface area contributed by atoms with E-state index in [1.165, 1.54) is 5.56 Å². The predicted octanol–water partition coefficient (Wildman–Crippen LogP) is 6.35. The van der Waals surface area contributed by atoms with Crippen LogP contribution in [0, 0.1) is 6.92 Å². The molecule has 3 aromatic rings. The third-order valence-corrected chi connectivity index (χ3v) is 4.65. The van der Waals surface area contributed by atoms with Gasteiger partial charge < -0.3 is 4.74 Å². The van der Waals surface area contributed by atoms with Crippen molar-refractivity contribution in [3.05, 3.63) is 102 Å². The molecule has 0 atom stereocenters. The van der Waals surface area contributed by atoms with E-state index in [1.807, 2.05) is 106 Å². The van der Waals surface area contributed by atoms with Gasteiger partial charge in [-0.3, -0.25) is 4.79 Å². The zero-order chi connectivity index (χ0) is 19.3. The van der Waals surface area contributed by atoms with Crippen LogP contribution < -0.4 is 4.74 Å². The van der Waals surface area contributed by atoms with E-state index in [0.717, 1.165) is 22.6 Å². The minimum atomic E-state index is -0.567. The molecule has 2 heteroatoms. The number of hydrogen-bond donors (Lipinski definition) is 0. The van der Waals surface area contributed by atoms with Crippen LogP contribution in [0.25, 0.3) is 6.08 Å². The standard InChI is InChI=1S/C25H24O2/c1-19-12-15-21(16-13-19)25(2,3)24(26)17-14-20-8-7-11-23(18-20)27-22-9-5-4-6-10-22/h4-18H,1-3H3. The van der Waals surface area contributed by atoms with Crippen LogP contribution in [0.4, 0.5) is 0 Å². The fourth-order valence-corrected chi connectivity index (χ4v) is 2.80. The molecule has 0 bridgehead atoms. The van der Waals surface area contributed by atoms with Crippen molar-refractivity contribution in [3.63, 3.8) is 0 Å². The molecule has 3 aromatic carbocycles. The summed E-state index contributed by atoms with van der Waals surface area (Å²) in [6, 6.07) is 25.5. The quantitative estimate of drug-likeness (QED) is 0.481. The van der Waals surface area contributed by atoms with Crippen molar-refractivity contribution in [2.45, 2.75) is 26.2 Å². The van der Waals surface area contributed by atoms with Crippen molar-refractivity contribution in [1.82, 2.24) is 0 Å². The SMILES string of the molecule is Cc1ccc(C(C)(C)C(=O)C=Cc2cccc(Oc3ccccc3)c2)cc1. The molecule has 0 saturated carbocycles. The van der Waals surface area contributed by atoms with Crippen LogP contribution in [0.5, 0.6) is 11.5 Å². The van der Waals surface area contributed by atoms with E-state index in [9.17, 15) is 4.79 Å². The molecular weight excluding hydrogens is 332 g/mol. The average Bonchev–Trinajstić information content (AvgIpc) is 2.67. The Morgan fingerprint density at radius 2 is 1.52 bits per heavy atom. The highest BCUT2D eigenvalue weighted by molar-refractivity contribution is 6.01. The molecule has 2 nitrogen and oxygen atoms in total. The molecule has 0 radical (unpaired) electrons. The smallest absolute Gasteiger partial charge is 0.165 e. The molecule has 0 aromatic heterocycles. The highest BCUT2D eigenvalue weighted by atomic mass is 16.5. The van der Waals surface area contributed by atoms with Gasteiger partial charge in [0.15, 0.2) is 5.78 Å². The highest BCUT2D eigenvalue weighted by Gasteiger charge is 2.27. The average molecular weight is 356 g/mol. The van der Waals surface area contributed by atoms with E-state index in [4.69, 9.17) is 4.74 Å². The predicted molar refractivity (Wildman–Crippen MR) is 111 cm³/mol. The number of carbonyl (C=O) groups excluding carboxylic acids is 1. The van der Waals surface area contributed by atoms with E-state index < -0.39 is 5.41 Å².